The third kappa shape index (κ3) is 3.45. The lowest BCUT2D eigenvalue weighted by Gasteiger charge is -2.14. The second kappa shape index (κ2) is 5.67. The summed E-state index contributed by atoms with van der Waals surface area (Å²) >= 11 is 1.61. The van der Waals surface area contributed by atoms with E-state index < -0.39 is 6.04 Å². The van der Waals surface area contributed by atoms with Gasteiger partial charge in [-0.3, -0.25) is 14.6 Å². The van der Waals surface area contributed by atoms with Crippen molar-refractivity contribution >= 4 is 29.3 Å². The van der Waals surface area contributed by atoms with E-state index in [1.165, 1.54) is 0 Å². The highest BCUT2D eigenvalue weighted by atomic mass is 32.2. The van der Waals surface area contributed by atoms with Crippen LogP contribution in [0, 0.1) is 0 Å². The summed E-state index contributed by atoms with van der Waals surface area (Å²) in [4.78, 5) is 27.1. The van der Waals surface area contributed by atoms with Crippen molar-refractivity contribution in [2.24, 2.45) is 0 Å². The van der Waals surface area contributed by atoms with Gasteiger partial charge in [0.15, 0.2) is 0 Å². The number of carbonyl (C=O) groups is 2. The summed E-state index contributed by atoms with van der Waals surface area (Å²) < 4.78 is 0. The lowest BCUT2D eigenvalue weighted by Crippen LogP contribution is -2.44. The summed E-state index contributed by atoms with van der Waals surface area (Å²) in [5.74, 6) is 1.11. The van der Waals surface area contributed by atoms with E-state index in [0.717, 1.165) is 5.75 Å². The molecule has 0 aliphatic carbocycles. The molecule has 1 aromatic rings. The number of pyridine rings is 1. The maximum absolute atomic E-state index is 11.9. The molecule has 17 heavy (non-hydrogen) atoms. The predicted molar refractivity (Wildman–Crippen MR) is 66.7 cm³/mol. The van der Waals surface area contributed by atoms with E-state index in [1.807, 2.05) is 0 Å². The molecular weight excluding hydrogens is 238 g/mol. The van der Waals surface area contributed by atoms with E-state index in [1.54, 1.807) is 36.3 Å². The van der Waals surface area contributed by atoms with E-state index in [9.17, 15) is 9.59 Å². The molecule has 5 nitrogen and oxygen atoms in total. The molecule has 0 aromatic carbocycles. The molecule has 0 radical (unpaired) electrons. The minimum absolute atomic E-state index is 0.0682. The van der Waals surface area contributed by atoms with Gasteiger partial charge in [-0.15, -0.1) is 0 Å². The van der Waals surface area contributed by atoms with Gasteiger partial charge in [-0.05, 0) is 12.1 Å². The van der Waals surface area contributed by atoms with Gasteiger partial charge in [0.25, 0.3) is 0 Å². The van der Waals surface area contributed by atoms with E-state index >= 15 is 0 Å². The maximum Gasteiger partial charge on any atom is 0.247 e. The predicted octanol–water partition coefficient (Wildman–Crippen LogP) is 0.642. The number of thioether (sulfide) groups is 1. The third-order valence-corrected chi connectivity index (χ3v) is 3.40. The molecule has 0 spiro atoms. The topological polar surface area (TPSA) is 71.1 Å². The summed E-state index contributed by atoms with van der Waals surface area (Å²) in [6, 6.07) is 3.04. The van der Waals surface area contributed by atoms with Crippen LogP contribution in [-0.4, -0.2) is 34.3 Å². The number of hydrogen-bond acceptors (Lipinski definition) is 4. The van der Waals surface area contributed by atoms with Gasteiger partial charge in [0, 0.05) is 24.1 Å². The van der Waals surface area contributed by atoms with Crippen molar-refractivity contribution in [3.8, 4) is 0 Å². The monoisotopic (exact) mass is 251 g/mol. The molecule has 1 fully saturated rings. The molecule has 6 heteroatoms. The molecule has 2 heterocycles. The SMILES string of the molecule is O=C1CCSC[C@H](C(=O)Nc2cccnc2)N1. The normalized spacial score (nSPS) is 20.2. The molecule has 2 N–H and O–H groups in total. The molecule has 2 amide bonds. The first-order chi connectivity index (χ1) is 8.25. The number of rotatable bonds is 2. The van der Waals surface area contributed by atoms with Gasteiger partial charge in [-0.2, -0.15) is 11.8 Å². The number of carbonyl (C=O) groups excluding carboxylic acids is 2. The van der Waals surface area contributed by atoms with Crippen LogP contribution in [0.4, 0.5) is 5.69 Å². The molecule has 1 saturated heterocycles. The van der Waals surface area contributed by atoms with Crippen LogP contribution in [0.25, 0.3) is 0 Å². The van der Waals surface area contributed by atoms with Crippen molar-refractivity contribution in [1.29, 1.82) is 0 Å². The van der Waals surface area contributed by atoms with Crippen LogP contribution < -0.4 is 10.6 Å². The average Bonchev–Trinajstić information content (AvgIpc) is 2.55. The molecule has 2 rings (SSSR count). The van der Waals surface area contributed by atoms with Crippen molar-refractivity contribution in [2.75, 3.05) is 16.8 Å². The van der Waals surface area contributed by atoms with Crippen molar-refractivity contribution in [3.63, 3.8) is 0 Å². The van der Waals surface area contributed by atoms with Crippen molar-refractivity contribution < 1.29 is 9.59 Å². The number of amides is 2. The number of hydrogen-bond donors (Lipinski definition) is 2. The standard InChI is InChI=1S/C11H13N3O2S/c15-10-3-5-17-7-9(14-10)11(16)13-8-2-1-4-12-6-8/h1-2,4,6,9H,3,5,7H2,(H,13,16)(H,14,15)/t9-/m1/s1. The fraction of sp³-hybridized carbons (Fsp3) is 0.364. The molecule has 0 saturated carbocycles. The second-order valence-corrected chi connectivity index (χ2v) is 4.83. The molecular formula is C11H13N3O2S. The lowest BCUT2D eigenvalue weighted by atomic mass is 10.3. The van der Waals surface area contributed by atoms with Gasteiger partial charge in [-0.1, -0.05) is 0 Å². The molecule has 0 unspecified atom stereocenters. The Morgan fingerprint density at radius 1 is 1.59 bits per heavy atom. The zero-order valence-electron chi connectivity index (χ0n) is 9.18. The summed E-state index contributed by atoms with van der Waals surface area (Å²) in [5, 5.41) is 5.44. The van der Waals surface area contributed by atoms with Crippen molar-refractivity contribution in [2.45, 2.75) is 12.5 Å². The Bertz CT molecular complexity index is 410. The van der Waals surface area contributed by atoms with Crippen LogP contribution in [0.15, 0.2) is 24.5 Å². The van der Waals surface area contributed by atoms with Crippen LogP contribution in [0.3, 0.4) is 0 Å². The first-order valence-electron chi connectivity index (χ1n) is 5.34. The molecule has 90 valence electrons. The zero-order valence-corrected chi connectivity index (χ0v) is 10.00. The number of aromatic nitrogens is 1. The smallest absolute Gasteiger partial charge is 0.247 e. The molecule has 1 aromatic heterocycles. The van der Waals surface area contributed by atoms with E-state index in [0.29, 0.717) is 17.9 Å². The zero-order chi connectivity index (χ0) is 12.1. The van der Waals surface area contributed by atoms with Crippen molar-refractivity contribution in [1.82, 2.24) is 10.3 Å². The summed E-state index contributed by atoms with van der Waals surface area (Å²) in [6.07, 6.45) is 3.68. The quantitative estimate of drug-likeness (QED) is 0.809. The third-order valence-electron chi connectivity index (χ3n) is 2.34. The maximum atomic E-state index is 11.9. The van der Waals surface area contributed by atoms with E-state index in [4.69, 9.17) is 0 Å². The summed E-state index contributed by atoms with van der Waals surface area (Å²) in [6.45, 7) is 0. The highest BCUT2D eigenvalue weighted by molar-refractivity contribution is 7.99. The highest BCUT2D eigenvalue weighted by Crippen LogP contribution is 2.11. The second-order valence-electron chi connectivity index (χ2n) is 3.68. The Morgan fingerprint density at radius 2 is 2.47 bits per heavy atom. The summed E-state index contributed by atoms with van der Waals surface area (Å²) in [7, 11) is 0. The van der Waals surface area contributed by atoms with Gasteiger partial charge in [0.2, 0.25) is 11.8 Å². The first kappa shape index (κ1) is 11.9. The molecule has 1 atom stereocenters. The molecule has 1 aliphatic rings. The van der Waals surface area contributed by atoms with Gasteiger partial charge >= 0.3 is 0 Å². The average molecular weight is 251 g/mol. The van der Waals surface area contributed by atoms with Crippen LogP contribution in [0.5, 0.6) is 0 Å². The fourth-order valence-electron chi connectivity index (χ4n) is 1.48. The van der Waals surface area contributed by atoms with Crippen LogP contribution in [-0.2, 0) is 9.59 Å². The van der Waals surface area contributed by atoms with Crippen LogP contribution >= 0.6 is 11.8 Å². The van der Waals surface area contributed by atoms with Crippen LogP contribution in [0.1, 0.15) is 6.42 Å². The Balaban J connectivity index is 1.97. The number of nitrogens with zero attached hydrogens (tertiary/aromatic N) is 1. The van der Waals surface area contributed by atoms with Gasteiger partial charge in [0.05, 0.1) is 11.9 Å². The summed E-state index contributed by atoms with van der Waals surface area (Å²) in [5.41, 5.74) is 0.640. The Hall–Kier alpha value is -1.56. The Kier molecular flexibility index (Phi) is 3.98. The van der Waals surface area contributed by atoms with E-state index in [2.05, 4.69) is 15.6 Å². The number of nitrogens with one attached hydrogen (secondary N) is 2. The fourth-order valence-corrected chi connectivity index (χ4v) is 2.45. The van der Waals surface area contributed by atoms with E-state index in [-0.39, 0.29) is 11.8 Å². The van der Waals surface area contributed by atoms with Crippen molar-refractivity contribution in [3.05, 3.63) is 24.5 Å². The highest BCUT2D eigenvalue weighted by Gasteiger charge is 2.23. The Labute approximate surface area is 103 Å². The Morgan fingerprint density at radius 3 is 3.24 bits per heavy atom. The molecule has 0 bridgehead atoms. The first-order valence-corrected chi connectivity index (χ1v) is 6.49. The minimum atomic E-state index is -0.463. The van der Waals surface area contributed by atoms with Gasteiger partial charge < -0.3 is 10.6 Å². The number of anilines is 1. The van der Waals surface area contributed by atoms with Gasteiger partial charge in [0.1, 0.15) is 6.04 Å². The minimum Gasteiger partial charge on any atom is -0.343 e. The largest absolute Gasteiger partial charge is 0.343 e. The van der Waals surface area contributed by atoms with Crippen LogP contribution in [0.2, 0.25) is 0 Å². The molecule has 1 aliphatic heterocycles. The lowest BCUT2D eigenvalue weighted by molar-refractivity contribution is -0.125. The van der Waals surface area contributed by atoms with Gasteiger partial charge in [-0.25, -0.2) is 0 Å².